The van der Waals surface area contributed by atoms with Crippen LogP contribution in [0.5, 0.6) is 5.75 Å². The molecule has 1 atom stereocenters. The van der Waals surface area contributed by atoms with Crippen LogP contribution in [0.2, 0.25) is 0 Å². The minimum absolute atomic E-state index is 0.218. The summed E-state index contributed by atoms with van der Waals surface area (Å²) >= 11 is 0. The lowest BCUT2D eigenvalue weighted by molar-refractivity contribution is 0.263. The minimum Gasteiger partial charge on any atom is -0.464 e. The molecule has 0 amide bonds. The van der Waals surface area contributed by atoms with Gasteiger partial charge in [-0.25, -0.2) is 0 Å². The first-order valence-corrected chi connectivity index (χ1v) is 18.7. The van der Waals surface area contributed by atoms with Crippen LogP contribution in [0.3, 0.4) is 0 Å². The van der Waals surface area contributed by atoms with E-state index in [0.29, 0.717) is 0 Å². The normalized spacial score (nSPS) is 14.9. The predicted molar refractivity (Wildman–Crippen MR) is 223 cm³/mol. The first-order valence-electron chi connectivity index (χ1n) is 18.7. The van der Waals surface area contributed by atoms with Crippen LogP contribution in [0, 0.1) is 0 Å². The molecule has 1 N–H and O–H groups in total. The van der Waals surface area contributed by atoms with Gasteiger partial charge in [-0.1, -0.05) is 176 Å². The Morgan fingerprint density at radius 1 is 0.426 bits per heavy atom. The number of hydrogen-bond acceptors (Lipinski definition) is 2. The average molecular weight is 690 g/mol. The fourth-order valence-electron chi connectivity index (χ4n) is 9.10. The Kier molecular flexibility index (Phi) is 6.87. The van der Waals surface area contributed by atoms with E-state index in [1.807, 2.05) is 6.07 Å². The molecule has 0 bridgehead atoms. The molecular weight excluding hydrogens is 655 g/mol. The fourth-order valence-corrected chi connectivity index (χ4v) is 9.10. The second kappa shape index (κ2) is 12.1. The van der Waals surface area contributed by atoms with Gasteiger partial charge >= 0.3 is 0 Å². The maximum atomic E-state index is 6.67. The van der Waals surface area contributed by atoms with Crippen LogP contribution in [0.25, 0.3) is 54.9 Å². The number of hydrogen-bond donors (Lipinski definition) is 1. The van der Waals surface area contributed by atoms with Gasteiger partial charge in [0.2, 0.25) is 0 Å². The molecule has 9 aromatic carbocycles. The highest BCUT2D eigenvalue weighted by Crippen LogP contribution is 2.56. The Bertz CT molecular complexity index is 2840. The van der Waals surface area contributed by atoms with Gasteiger partial charge in [0.05, 0.1) is 11.1 Å². The second-order valence-electron chi connectivity index (χ2n) is 14.5. The SMILES string of the molecule is c1ccc(C2Nc3ccc4ccc5ccc(-c6cccc(-c7ccc8c(c7)C(c7ccccc7)(c7ccccc7)c7ccccc7-8)c6)cc5c4c3O2)cc1. The maximum absolute atomic E-state index is 6.67. The van der Waals surface area contributed by atoms with E-state index in [9.17, 15) is 0 Å². The number of fused-ring (bicyclic) bond motifs is 8. The molecular formula is C52H35NO. The summed E-state index contributed by atoms with van der Waals surface area (Å²) in [5.74, 6) is 0.914. The third-order valence-corrected chi connectivity index (χ3v) is 11.6. The minimum atomic E-state index is -0.432. The van der Waals surface area contributed by atoms with Crippen molar-refractivity contribution in [3.8, 4) is 39.1 Å². The Hall–Kier alpha value is -6.90. The van der Waals surface area contributed by atoms with Crippen LogP contribution in [0.15, 0.2) is 200 Å². The molecule has 1 aliphatic carbocycles. The summed E-state index contributed by atoms with van der Waals surface area (Å²) in [6, 6.07) is 73.0. The molecule has 11 rings (SSSR count). The molecule has 9 aromatic rings. The number of rotatable bonds is 5. The molecule has 2 nitrogen and oxygen atoms in total. The van der Waals surface area contributed by atoms with E-state index in [-0.39, 0.29) is 6.23 Å². The first kappa shape index (κ1) is 30.7. The summed E-state index contributed by atoms with van der Waals surface area (Å²) < 4.78 is 6.67. The molecule has 0 spiro atoms. The van der Waals surface area contributed by atoms with Crippen molar-refractivity contribution in [3.05, 3.63) is 228 Å². The van der Waals surface area contributed by atoms with E-state index < -0.39 is 5.41 Å². The third kappa shape index (κ3) is 4.60. The summed E-state index contributed by atoms with van der Waals surface area (Å²) in [6.45, 7) is 0. The van der Waals surface area contributed by atoms with Gasteiger partial charge < -0.3 is 10.1 Å². The monoisotopic (exact) mass is 689 g/mol. The Morgan fingerprint density at radius 2 is 1.00 bits per heavy atom. The van der Waals surface area contributed by atoms with Crippen molar-refractivity contribution in [3.63, 3.8) is 0 Å². The van der Waals surface area contributed by atoms with Crippen molar-refractivity contribution < 1.29 is 4.74 Å². The van der Waals surface area contributed by atoms with Crippen molar-refractivity contribution in [2.75, 3.05) is 5.32 Å². The highest BCUT2D eigenvalue weighted by atomic mass is 16.5. The van der Waals surface area contributed by atoms with Crippen LogP contribution >= 0.6 is 0 Å². The molecule has 0 fully saturated rings. The Morgan fingerprint density at radius 3 is 1.76 bits per heavy atom. The molecule has 0 aromatic heterocycles. The molecule has 0 saturated heterocycles. The van der Waals surface area contributed by atoms with Crippen LogP contribution in [-0.2, 0) is 5.41 Å². The zero-order chi connectivity index (χ0) is 35.6. The van der Waals surface area contributed by atoms with Crippen molar-refractivity contribution in [1.29, 1.82) is 0 Å². The number of benzene rings is 9. The molecule has 2 heteroatoms. The van der Waals surface area contributed by atoms with E-state index in [2.05, 4.69) is 199 Å². The van der Waals surface area contributed by atoms with Gasteiger partial charge in [-0.2, -0.15) is 0 Å². The molecule has 1 unspecified atom stereocenters. The molecule has 0 saturated carbocycles. The Labute approximate surface area is 315 Å². The van der Waals surface area contributed by atoms with Gasteiger partial charge in [0.25, 0.3) is 0 Å². The summed E-state index contributed by atoms with van der Waals surface area (Å²) in [5.41, 5.74) is 14.2. The molecule has 2 aliphatic rings. The van der Waals surface area contributed by atoms with E-state index in [4.69, 9.17) is 4.74 Å². The zero-order valence-electron chi connectivity index (χ0n) is 29.5. The quantitative estimate of drug-likeness (QED) is 0.182. The number of ether oxygens (including phenoxy) is 1. The van der Waals surface area contributed by atoms with Gasteiger partial charge in [-0.15, -0.1) is 0 Å². The van der Waals surface area contributed by atoms with Crippen molar-refractivity contribution >= 4 is 27.2 Å². The van der Waals surface area contributed by atoms with E-state index in [1.165, 1.54) is 71.8 Å². The second-order valence-corrected chi connectivity index (χ2v) is 14.5. The summed E-state index contributed by atoms with van der Waals surface area (Å²) in [7, 11) is 0. The predicted octanol–water partition coefficient (Wildman–Crippen LogP) is 13.2. The van der Waals surface area contributed by atoms with Crippen LogP contribution in [0.1, 0.15) is 34.0 Å². The lowest BCUT2D eigenvalue weighted by Gasteiger charge is -2.34. The molecule has 1 heterocycles. The van der Waals surface area contributed by atoms with Crippen molar-refractivity contribution in [2.45, 2.75) is 11.6 Å². The van der Waals surface area contributed by atoms with E-state index in [1.54, 1.807) is 0 Å². The molecule has 0 radical (unpaired) electrons. The third-order valence-electron chi connectivity index (χ3n) is 11.6. The zero-order valence-corrected chi connectivity index (χ0v) is 29.5. The van der Waals surface area contributed by atoms with Crippen molar-refractivity contribution in [1.82, 2.24) is 0 Å². The average Bonchev–Trinajstić information content (AvgIpc) is 3.82. The topological polar surface area (TPSA) is 21.3 Å². The van der Waals surface area contributed by atoms with E-state index in [0.717, 1.165) is 22.4 Å². The largest absolute Gasteiger partial charge is 0.464 e. The summed E-state index contributed by atoms with van der Waals surface area (Å²) in [4.78, 5) is 0. The smallest absolute Gasteiger partial charge is 0.196 e. The lowest BCUT2D eigenvalue weighted by atomic mass is 9.67. The van der Waals surface area contributed by atoms with Gasteiger partial charge in [0, 0.05) is 10.9 Å². The highest BCUT2D eigenvalue weighted by Gasteiger charge is 2.46. The highest BCUT2D eigenvalue weighted by molar-refractivity contribution is 6.14. The van der Waals surface area contributed by atoms with E-state index >= 15 is 0 Å². The van der Waals surface area contributed by atoms with Gasteiger partial charge in [-0.05, 0) is 96.1 Å². The maximum Gasteiger partial charge on any atom is 0.196 e. The van der Waals surface area contributed by atoms with Gasteiger partial charge in [0.1, 0.15) is 0 Å². The molecule has 1 aliphatic heterocycles. The number of nitrogens with one attached hydrogen (secondary N) is 1. The van der Waals surface area contributed by atoms with Gasteiger partial charge in [-0.3, -0.25) is 0 Å². The standard InChI is InChI=1S/C52H35NO/c1-4-13-36(14-5-1)51-53-48-30-28-35-25-23-34-24-26-39(32-45(34)49(35)50(48)54-51)37-15-12-16-38(31-37)40-27-29-44-43-21-10-11-22-46(43)52(47(44)33-40,41-17-6-2-7-18-41)42-19-8-3-9-20-42/h1-33,51,53H. The Balaban J connectivity index is 1.04. The number of anilines is 1. The molecule has 54 heavy (non-hydrogen) atoms. The fraction of sp³-hybridized carbons (Fsp3) is 0.0385. The van der Waals surface area contributed by atoms with Crippen LogP contribution in [0.4, 0.5) is 5.69 Å². The molecule has 254 valence electrons. The van der Waals surface area contributed by atoms with Crippen molar-refractivity contribution in [2.24, 2.45) is 0 Å². The summed E-state index contributed by atoms with van der Waals surface area (Å²) in [5, 5.41) is 8.30. The van der Waals surface area contributed by atoms with Gasteiger partial charge in [0.15, 0.2) is 12.0 Å². The van der Waals surface area contributed by atoms with Crippen LogP contribution < -0.4 is 10.1 Å². The summed E-state index contributed by atoms with van der Waals surface area (Å²) in [6.07, 6.45) is -0.218. The van der Waals surface area contributed by atoms with Crippen LogP contribution in [-0.4, -0.2) is 0 Å². The lowest BCUT2D eigenvalue weighted by Crippen LogP contribution is -2.28. The first-order chi connectivity index (χ1) is 26.8.